The summed E-state index contributed by atoms with van der Waals surface area (Å²) in [6, 6.07) is 11.4. The van der Waals surface area contributed by atoms with Crippen LogP contribution in [0.4, 0.5) is 0 Å². The normalized spacial score (nSPS) is 10.5. The largest absolute Gasteiger partial charge is 0.493 e. The Balaban J connectivity index is 2.05. The van der Waals surface area contributed by atoms with Gasteiger partial charge in [-0.05, 0) is 23.3 Å². The highest BCUT2D eigenvalue weighted by molar-refractivity contribution is 6.31. The first kappa shape index (κ1) is 16.0. The molecule has 1 N–H and O–H groups in total. The van der Waals surface area contributed by atoms with Crippen molar-refractivity contribution in [2.45, 2.75) is 13.1 Å². The summed E-state index contributed by atoms with van der Waals surface area (Å²) in [5.74, 6) is 1.29. The lowest BCUT2D eigenvalue weighted by Gasteiger charge is -2.12. The standard InChI is InChI=1S/C16H17Cl2NO2/c1-20-15-7-12(14(18)8-16(15)21-2)10-19-9-11-5-3-4-6-13(11)17/h3-8,19H,9-10H2,1-2H3. The molecule has 0 saturated heterocycles. The van der Waals surface area contributed by atoms with Gasteiger partial charge in [0.1, 0.15) is 0 Å². The van der Waals surface area contributed by atoms with Crippen LogP contribution in [0.1, 0.15) is 11.1 Å². The van der Waals surface area contributed by atoms with E-state index in [2.05, 4.69) is 5.32 Å². The quantitative estimate of drug-likeness (QED) is 0.858. The molecule has 0 spiro atoms. The summed E-state index contributed by atoms with van der Waals surface area (Å²) in [5.41, 5.74) is 2.00. The molecule has 0 aromatic heterocycles. The number of ether oxygens (including phenoxy) is 2. The minimum atomic E-state index is 0.615. The second kappa shape index (κ2) is 7.55. The van der Waals surface area contributed by atoms with E-state index in [0.29, 0.717) is 29.6 Å². The Kier molecular flexibility index (Phi) is 5.74. The lowest BCUT2D eigenvalue weighted by Crippen LogP contribution is -2.13. The number of rotatable bonds is 6. The van der Waals surface area contributed by atoms with Gasteiger partial charge in [-0.25, -0.2) is 0 Å². The third-order valence-electron chi connectivity index (χ3n) is 3.14. The Bertz CT molecular complexity index is 617. The number of hydrogen-bond acceptors (Lipinski definition) is 3. The summed E-state index contributed by atoms with van der Waals surface area (Å²) >= 11 is 12.4. The van der Waals surface area contributed by atoms with Gasteiger partial charge in [-0.15, -0.1) is 0 Å². The Labute approximate surface area is 134 Å². The van der Waals surface area contributed by atoms with Crippen LogP contribution in [0.15, 0.2) is 36.4 Å². The van der Waals surface area contributed by atoms with Crippen LogP contribution in [0.3, 0.4) is 0 Å². The van der Waals surface area contributed by atoms with Gasteiger partial charge in [-0.3, -0.25) is 0 Å². The second-order valence-electron chi connectivity index (χ2n) is 4.49. The Morgan fingerprint density at radius 1 is 0.857 bits per heavy atom. The van der Waals surface area contributed by atoms with E-state index in [1.165, 1.54) is 0 Å². The highest BCUT2D eigenvalue weighted by Gasteiger charge is 2.09. The molecule has 0 aliphatic rings. The number of hydrogen-bond donors (Lipinski definition) is 1. The molecule has 0 amide bonds. The van der Waals surface area contributed by atoms with Gasteiger partial charge in [0.05, 0.1) is 14.2 Å². The molecular weight excluding hydrogens is 309 g/mol. The highest BCUT2D eigenvalue weighted by atomic mass is 35.5. The Morgan fingerprint density at radius 2 is 1.48 bits per heavy atom. The van der Waals surface area contributed by atoms with Gasteiger partial charge < -0.3 is 14.8 Å². The molecule has 2 aromatic carbocycles. The molecular formula is C16H17Cl2NO2. The molecule has 21 heavy (non-hydrogen) atoms. The van der Waals surface area contributed by atoms with E-state index in [-0.39, 0.29) is 0 Å². The van der Waals surface area contributed by atoms with E-state index in [1.54, 1.807) is 20.3 Å². The van der Waals surface area contributed by atoms with Crippen LogP contribution >= 0.6 is 23.2 Å². The van der Waals surface area contributed by atoms with Crippen molar-refractivity contribution >= 4 is 23.2 Å². The number of benzene rings is 2. The average molecular weight is 326 g/mol. The van der Waals surface area contributed by atoms with Gasteiger partial charge in [-0.1, -0.05) is 41.4 Å². The van der Waals surface area contributed by atoms with E-state index in [4.69, 9.17) is 32.7 Å². The van der Waals surface area contributed by atoms with Gasteiger partial charge in [0.15, 0.2) is 11.5 Å². The Morgan fingerprint density at radius 3 is 2.14 bits per heavy atom. The fourth-order valence-corrected chi connectivity index (χ4v) is 2.43. The topological polar surface area (TPSA) is 30.5 Å². The maximum Gasteiger partial charge on any atom is 0.162 e. The molecule has 0 saturated carbocycles. The lowest BCUT2D eigenvalue weighted by atomic mass is 10.1. The van der Waals surface area contributed by atoms with Crippen molar-refractivity contribution in [3.8, 4) is 11.5 Å². The smallest absolute Gasteiger partial charge is 0.162 e. The minimum Gasteiger partial charge on any atom is -0.493 e. The lowest BCUT2D eigenvalue weighted by molar-refractivity contribution is 0.354. The van der Waals surface area contributed by atoms with E-state index in [0.717, 1.165) is 16.1 Å². The van der Waals surface area contributed by atoms with Crippen molar-refractivity contribution in [2.75, 3.05) is 14.2 Å². The Hall–Kier alpha value is -1.42. The second-order valence-corrected chi connectivity index (χ2v) is 5.31. The van der Waals surface area contributed by atoms with Crippen LogP contribution in [-0.4, -0.2) is 14.2 Å². The zero-order chi connectivity index (χ0) is 15.2. The molecule has 2 aromatic rings. The van der Waals surface area contributed by atoms with Crippen LogP contribution < -0.4 is 14.8 Å². The molecule has 5 heteroatoms. The van der Waals surface area contributed by atoms with Crippen LogP contribution in [0.25, 0.3) is 0 Å². The third kappa shape index (κ3) is 4.03. The van der Waals surface area contributed by atoms with Crippen molar-refractivity contribution in [3.63, 3.8) is 0 Å². The first-order valence-corrected chi connectivity index (χ1v) is 7.25. The van der Waals surface area contributed by atoms with E-state index < -0.39 is 0 Å². The summed E-state index contributed by atoms with van der Waals surface area (Å²) in [5, 5.41) is 4.71. The average Bonchev–Trinajstić information content (AvgIpc) is 2.50. The zero-order valence-electron chi connectivity index (χ0n) is 12.0. The predicted octanol–water partition coefficient (Wildman–Crippen LogP) is 4.30. The molecule has 112 valence electrons. The van der Waals surface area contributed by atoms with Crippen molar-refractivity contribution in [1.82, 2.24) is 5.32 Å². The molecule has 0 aliphatic carbocycles. The van der Waals surface area contributed by atoms with Crippen molar-refractivity contribution in [3.05, 3.63) is 57.6 Å². The molecule has 0 bridgehead atoms. The van der Waals surface area contributed by atoms with Gasteiger partial charge >= 0.3 is 0 Å². The molecule has 0 radical (unpaired) electrons. The minimum absolute atomic E-state index is 0.615. The highest BCUT2D eigenvalue weighted by Crippen LogP contribution is 2.33. The van der Waals surface area contributed by atoms with Gasteiger partial charge in [-0.2, -0.15) is 0 Å². The molecule has 0 atom stereocenters. The number of methoxy groups -OCH3 is 2. The van der Waals surface area contributed by atoms with Crippen LogP contribution in [0.5, 0.6) is 11.5 Å². The zero-order valence-corrected chi connectivity index (χ0v) is 13.5. The van der Waals surface area contributed by atoms with Crippen molar-refractivity contribution in [1.29, 1.82) is 0 Å². The third-order valence-corrected chi connectivity index (χ3v) is 3.86. The molecule has 0 aliphatic heterocycles. The fourth-order valence-electron chi connectivity index (χ4n) is 2.01. The van der Waals surface area contributed by atoms with E-state index >= 15 is 0 Å². The van der Waals surface area contributed by atoms with Gasteiger partial charge in [0, 0.05) is 29.2 Å². The van der Waals surface area contributed by atoms with Gasteiger partial charge in [0.2, 0.25) is 0 Å². The first-order valence-electron chi connectivity index (χ1n) is 6.50. The molecule has 0 unspecified atom stereocenters. The van der Waals surface area contributed by atoms with E-state index in [1.807, 2.05) is 30.3 Å². The van der Waals surface area contributed by atoms with Crippen LogP contribution in [0, 0.1) is 0 Å². The van der Waals surface area contributed by atoms with Crippen molar-refractivity contribution in [2.24, 2.45) is 0 Å². The van der Waals surface area contributed by atoms with Gasteiger partial charge in [0.25, 0.3) is 0 Å². The molecule has 2 rings (SSSR count). The maximum atomic E-state index is 6.25. The fraction of sp³-hybridized carbons (Fsp3) is 0.250. The molecule has 0 heterocycles. The van der Waals surface area contributed by atoms with Crippen molar-refractivity contribution < 1.29 is 9.47 Å². The summed E-state index contributed by atoms with van der Waals surface area (Å²) in [7, 11) is 3.19. The van der Waals surface area contributed by atoms with E-state index in [9.17, 15) is 0 Å². The summed E-state index contributed by atoms with van der Waals surface area (Å²) in [4.78, 5) is 0. The van der Waals surface area contributed by atoms with Crippen LogP contribution in [0.2, 0.25) is 10.0 Å². The molecule has 3 nitrogen and oxygen atoms in total. The SMILES string of the molecule is COc1cc(Cl)c(CNCc2ccccc2Cl)cc1OC. The monoisotopic (exact) mass is 325 g/mol. The summed E-state index contributed by atoms with van der Waals surface area (Å²) in [6.07, 6.45) is 0. The predicted molar refractivity (Wildman–Crippen MR) is 86.6 cm³/mol. The van der Waals surface area contributed by atoms with Crippen LogP contribution in [-0.2, 0) is 13.1 Å². The first-order chi connectivity index (χ1) is 10.2. The molecule has 0 fully saturated rings. The number of halogens is 2. The summed E-state index contributed by atoms with van der Waals surface area (Å²) < 4.78 is 10.5. The summed E-state index contributed by atoms with van der Waals surface area (Å²) in [6.45, 7) is 1.29. The maximum absolute atomic E-state index is 6.25. The number of nitrogens with one attached hydrogen (secondary N) is 1.